The number of halogens is 1. The minimum Gasteiger partial charge on any atom is -0.351 e. The van der Waals surface area contributed by atoms with Gasteiger partial charge in [-0.05, 0) is 49.6 Å². The molecule has 2 rings (SSSR count). The normalized spacial score (nSPS) is 20.2. The quantitative estimate of drug-likeness (QED) is 0.923. The van der Waals surface area contributed by atoms with Crippen LogP contribution in [-0.4, -0.2) is 37.0 Å². The molecule has 0 radical (unpaired) electrons. The fourth-order valence-corrected chi connectivity index (χ4v) is 2.78. The van der Waals surface area contributed by atoms with Crippen molar-refractivity contribution in [2.24, 2.45) is 5.92 Å². The highest BCUT2D eigenvalue weighted by atomic mass is 79.9. The van der Waals surface area contributed by atoms with Gasteiger partial charge in [-0.1, -0.05) is 22.9 Å². The van der Waals surface area contributed by atoms with Gasteiger partial charge in [0.25, 0.3) is 5.91 Å². The van der Waals surface area contributed by atoms with Crippen LogP contribution in [0.4, 0.5) is 0 Å². The van der Waals surface area contributed by atoms with Gasteiger partial charge in [-0.15, -0.1) is 0 Å². The van der Waals surface area contributed by atoms with Gasteiger partial charge in [-0.2, -0.15) is 0 Å². The fourth-order valence-electron chi connectivity index (χ4n) is 2.52. The summed E-state index contributed by atoms with van der Waals surface area (Å²) in [6, 6.07) is 7.45. The van der Waals surface area contributed by atoms with Crippen molar-refractivity contribution in [3.05, 3.63) is 34.3 Å². The number of rotatable bonds is 4. The maximum absolute atomic E-state index is 11.9. The van der Waals surface area contributed by atoms with E-state index in [0.717, 1.165) is 35.6 Å². The van der Waals surface area contributed by atoms with Gasteiger partial charge < -0.3 is 10.2 Å². The highest BCUT2D eigenvalue weighted by Crippen LogP contribution is 2.14. The molecule has 0 aromatic heterocycles. The molecule has 0 bridgehead atoms. The summed E-state index contributed by atoms with van der Waals surface area (Å²) in [6.07, 6.45) is 2.61. The Bertz CT molecular complexity index is 419. The number of carbonyl (C=O) groups excluding carboxylic acids is 1. The Morgan fingerprint density at radius 2 is 2.16 bits per heavy atom. The van der Waals surface area contributed by atoms with Crippen LogP contribution in [0.3, 0.4) is 0 Å². The van der Waals surface area contributed by atoms with E-state index in [9.17, 15) is 4.79 Å². The Kier molecular flexibility index (Phi) is 5.40. The lowest BCUT2D eigenvalue weighted by molar-refractivity contribution is 0.0944. The second kappa shape index (κ2) is 7.06. The second-order valence-corrected chi connectivity index (χ2v) is 6.23. The second-order valence-electron chi connectivity index (χ2n) is 5.31. The highest BCUT2D eigenvalue weighted by molar-refractivity contribution is 9.10. The Hall–Kier alpha value is -0.870. The fraction of sp³-hybridized carbons (Fsp3) is 0.533. The lowest BCUT2D eigenvalue weighted by atomic mass is 10.0. The van der Waals surface area contributed by atoms with Crippen molar-refractivity contribution in [3.8, 4) is 0 Å². The molecule has 19 heavy (non-hydrogen) atoms. The molecular formula is C15H21BrN2O. The molecule has 104 valence electrons. The first kappa shape index (κ1) is 14.5. The summed E-state index contributed by atoms with van der Waals surface area (Å²) in [6.45, 7) is 6.30. The molecule has 1 saturated heterocycles. The number of hydrogen-bond acceptors (Lipinski definition) is 2. The number of nitrogens with zero attached hydrogens (tertiary/aromatic N) is 1. The Morgan fingerprint density at radius 1 is 1.42 bits per heavy atom. The van der Waals surface area contributed by atoms with Gasteiger partial charge in [0.15, 0.2) is 0 Å². The lowest BCUT2D eigenvalue weighted by Crippen LogP contribution is -2.40. The van der Waals surface area contributed by atoms with E-state index in [1.54, 1.807) is 0 Å². The third-order valence-corrected chi connectivity index (χ3v) is 4.09. The molecule has 4 heteroatoms. The van der Waals surface area contributed by atoms with Crippen molar-refractivity contribution < 1.29 is 4.79 Å². The first-order valence-corrected chi connectivity index (χ1v) is 7.70. The van der Waals surface area contributed by atoms with E-state index in [-0.39, 0.29) is 5.91 Å². The molecule has 1 fully saturated rings. The number of amides is 1. The highest BCUT2D eigenvalue weighted by Gasteiger charge is 2.15. The van der Waals surface area contributed by atoms with Gasteiger partial charge in [-0.3, -0.25) is 4.79 Å². The van der Waals surface area contributed by atoms with Gasteiger partial charge in [0.2, 0.25) is 0 Å². The smallest absolute Gasteiger partial charge is 0.251 e. The number of piperidine rings is 1. The molecule has 1 aliphatic heterocycles. The van der Waals surface area contributed by atoms with Crippen LogP contribution < -0.4 is 5.32 Å². The molecule has 3 nitrogen and oxygen atoms in total. The van der Waals surface area contributed by atoms with Crippen LogP contribution in [0.25, 0.3) is 0 Å². The summed E-state index contributed by atoms with van der Waals surface area (Å²) in [5, 5.41) is 2.98. The zero-order chi connectivity index (χ0) is 13.7. The molecule has 1 aromatic rings. The molecule has 1 aromatic carbocycles. The molecule has 1 heterocycles. The van der Waals surface area contributed by atoms with E-state index in [1.165, 1.54) is 19.4 Å². The van der Waals surface area contributed by atoms with Crippen LogP contribution in [-0.2, 0) is 0 Å². The minimum atomic E-state index is 0.0116. The van der Waals surface area contributed by atoms with Crippen molar-refractivity contribution >= 4 is 21.8 Å². The Balaban J connectivity index is 1.73. The maximum Gasteiger partial charge on any atom is 0.251 e. The molecule has 0 aliphatic carbocycles. The minimum absolute atomic E-state index is 0.0116. The number of nitrogens with one attached hydrogen (secondary N) is 1. The van der Waals surface area contributed by atoms with E-state index in [2.05, 4.69) is 33.1 Å². The molecule has 1 atom stereocenters. The van der Waals surface area contributed by atoms with Crippen LogP contribution in [0.1, 0.15) is 30.1 Å². The van der Waals surface area contributed by atoms with Crippen molar-refractivity contribution in [1.29, 1.82) is 0 Å². The molecule has 1 unspecified atom stereocenters. The SMILES string of the molecule is CC1CCCN(CCNC(=O)c2ccc(Br)cc2)C1. The summed E-state index contributed by atoms with van der Waals surface area (Å²) >= 11 is 3.37. The first-order valence-electron chi connectivity index (χ1n) is 6.91. The standard InChI is InChI=1S/C15H21BrN2O/c1-12-3-2-9-18(11-12)10-8-17-15(19)13-4-6-14(16)7-5-13/h4-7,12H,2-3,8-11H2,1H3,(H,17,19). The number of likely N-dealkylation sites (tertiary alicyclic amines) is 1. The largest absolute Gasteiger partial charge is 0.351 e. The van der Waals surface area contributed by atoms with Gasteiger partial charge >= 0.3 is 0 Å². The maximum atomic E-state index is 11.9. The average molecular weight is 325 g/mol. The van der Waals surface area contributed by atoms with Crippen molar-refractivity contribution in [2.75, 3.05) is 26.2 Å². The lowest BCUT2D eigenvalue weighted by Gasteiger charge is -2.30. The molecular weight excluding hydrogens is 304 g/mol. The Morgan fingerprint density at radius 3 is 2.84 bits per heavy atom. The summed E-state index contributed by atoms with van der Waals surface area (Å²) in [5.74, 6) is 0.800. The predicted octanol–water partition coefficient (Wildman–Crippen LogP) is 2.91. The first-order chi connectivity index (χ1) is 9.15. The number of benzene rings is 1. The van der Waals surface area contributed by atoms with Crippen molar-refractivity contribution in [1.82, 2.24) is 10.2 Å². The van der Waals surface area contributed by atoms with E-state index in [1.807, 2.05) is 24.3 Å². The van der Waals surface area contributed by atoms with Gasteiger partial charge in [0, 0.05) is 29.7 Å². The van der Waals surface area contributed by atoms with Crippen LogP contribution in [0.15, 0.2) is 28.7 Å². The number of carbonyl (C=O) groups is 1. The zero-order valence-corrected chi connectivity index (χ0v) is 12.9. The molecule has 1 aliphatic rings. The van der Waals surface area contributed by atoms with Crippen LogP contribution in [0.5, 0.6) is 0 Å². The molecule has 1 N–H and O–H groups in total. The monoisotopic (exact) mass is 324 g/mol. The number of hydrogen-bond donors (Lipinski definition) is 1. The third kappa shape index (κ3) is 4.62. The van der Waals surface area contributed by atoms with Crippen molar-refractivity contribution in [3.63, 3.8) is 0 Å². The Labute approximate surface area is 123 Å². The average Bonchev–Trinajstić information content (AvgIpc) is 2.39. The summed E-state index contributed by atoms with van der Waals surface area (Å²) in [7, 11) is 0. The van der Waals surface area contributed by atoms with Gasteiger partial charge in [-0.25, -0.2) is 0 Å². The zero-order valence-electron chi connectivity index (χ0n) is 11.4. The van der Waals surface area contributed by atoms with E-state index >= 15 is 0 Å². The summed E-state index contributed by atoms with van der Waals surface area (Å²) < 4.78 is 0.992. The third-order valence-electron chi connectivity index (χ3n) is 3.56. The topological polar surface area (TPSA) is 32.3 Å². The molecule has 1 amide bonds. The van der Waals surface area contributed by atoms with Crippen LogP contribution in [0, 0.1) is 5.92 Å². The van der Waals surface area contributed by atoms with Crippen LogP contribution in [0.2, 0.25) is 0 Å². The van der Waals surface area contributed by atoms with Gasteiger partial charge in [0.1, 0.15) is 0 Å². The molecule has 0 saturated carbocycles. The summed E-state index contributed by atoms with van der Waals surface area (Å²) in [4.78, 5) is 14.4. The summed E-state index contributed by atoms with van der Waals surface area (Å²) in [5.41, 5.74) is 0.718. The van der Waals surface area contributed by atoms with Gasteiger partial charge in [0.05, 0.1) is 0 Å². The molecule has 0 spiro atoms. The van der Waals surface area contributed by atoms with Crippen LogP contribution >= 0.6 is 15.9 Å². The van der Waals surface area contributed by atoms with E-state index in [0.29, 0.717) is 0 Å². The van der Waals surface area contributed by atoms with Crippen molar-refractivity contribution in [2.45, 2.75) is 19.8 Å². The van der Waals surface area contributed by atoms with E-state index < -0.39 is 0 Å². The van der Waals surface area contributed by atoms with E-state index in [4.69, 9.17) is 0 Å². The predicted molar refractivity (Wildman–Crippen MR) is 81.3 cm³/mol.